The number of rotatable bonds is 4. The van der Waals surface area contributed by atoms with Crippen molar-refractivity contribution < 1.29 is 43.9 Å². The summed E-state index contributed by atoms with van der Waals surface area (Å²) >= 11 is 0. The van der Waals surface area contributed by atoms with Crippen molar-refractivity contribution in [1.29, 1.82) is 0 Å². The summed E-state index contributed by atoms with van der Waals surface area (Å²) in [4.78, 5) is 0. The molecule has 0 atom stereocenters. The summed E-state index contributed by atoms with van der Waals surface area (Å²) < 4.78 is 120. The van der Waals surface area contributed by atoms with Crippen molar-refractivity contribution in [2.45, 2.75) is 37.0 Å². The molecule has 0 aromatic carbocycles. The summed E-state index contributed by atoms with van der Waals surface area (Å²) in [5.41, 5.74) is 0. The quantitative estimate of drug-likeness (QED) is 0.679. The molecule has 0 aliphatic heterocycles. The Morgan fingerprint density at radius 2 is 1.00 bits per heavy atom. The van der Waals surface area contributed by atoms with Gasteiger partial charge in [0.05, 0.1) is 0 Å². The zero-order valence-corrected chi connectivity index (χ0v) is 7.36. The summed E-state index contributed by atoms with van der Waals surface area (Å²) in [6.07, 6.45) is -5.20. The van der Waals surface area contributed by atoms with E-state index in [2.05, 4.69) is 0 Å². The molecule has 0 aromatic heterocycles. The second-order valence-electron chi connectivity index (χ2n) is 2.96. The van der Waals surface area contributed by atoms with Crippen LogP contribution < -0.4 is 0 Å². The number of alkyl halides is 10. The van der Waals surface area contributed by atoms with Crippen molar-refractivity contribution in [3.05, 3.63) is 0 Å². The van der Waals surface area contributed by atoms with E-state index in [0.717, 1.165) is 0 Å². The maximum absolute atomic E-state index is 12.3. The van der Waals surface area contributed by atoms with Crippen LogP contribution in [-0.4, -0.2) is 30.1 Å². The molecule has 0 aromatic rings. The smallest absolute Gasteiger partial charge is 0.203 e. The fourth-order valence-electron chi connectivity index (χ4n) is 0.622. The van der Waals surface area contributed by atoms with Crippen LogP contribution in [-0.2, 0) is 0 Å². The molecule has 0 saturated heterocycles. The second-order valence-corrected chi connectivity index (χ2v) is 2.96. The molecule has 0 aliphatic rings. The van der Waals surface area contributed by atoms with E-state index in [0.29, 0.717) is 0 Å². The molecule has 0 heterocycles. The first kappa shape index (κ1) is 15.3. The highest BCUT2D eigenvalue weighted by atomic mass is 19.4. The zero-order chi connectivity index (χ0) is 13.6. The van der Waals surface area contributed by atoms with Gasteiger partial charge in [-0.2, -0.15) is 35.1 Å². The summed E-state index contributed by atoms with van der Waals surface area (Å²) in [5.74, 6) is -25.6. The molecule has 16 heavy (non-hydrogen) atoms. The predicted molar refractivity (Wildman–Crippen MR) is 31.5 cm³/mol. The lowest BCUT2D eigenvalue weighted by atomic mass is 10.00. The second kappa shape index (κ2) is 3.66. The summed E-state index contributed by atoms with van der Waals surface area (Å²) in [6.45, 7) is -0.775. The fourth-order valence-corrected chi connectivity index (χ4v) is 0.622. The van der Waals surface area contributed by atoms with E-state index < -0.39 is 37.0 Å². The average molecular weight is 266 g/mol. The lowest BCUT2D eigenvalue weighted by Crippen LogP contribution is -2.63. The minimum atomic E-state index is -6.87. The van der Waals surface area contributed by atoms with E-state index >= 15 is 0 Å². The van der Waals surface area contributed by atoms with Crippen LogP contribution in [0.25, 0.3) is 0 Å². The van der Waals surface area contributed by atoms with Crippen LogP contribution in [0, 0.1) is 0 Å². The maximum Gasteiger partial charge on any atom is 0.384 e. The Morgan fingerprint density at radius 3 is 1.19 bits per heavy atom. The standard InChI is InChI=1S/C6H4F10/c1-3(9,10)5(13,14)6(15,16)4(11,12)2(7)8/h2H,1H3. The fraction of sp³-hybridized carbons (Fsp3) is 1.00. The average Bonchev–Trinajstić information content (AvgIpc) is 2.00. The molecular weight excluding hydrogens is 262 g/mol. The molecule has 0 N–H and O–H groups in total. The Morgan fingerprint density at radius 1 is 0.688 bits per heavy atom. The monoisotopic (exact) mass is 266 g/mol. The first-order valence-corrected chi connectivity index (χ1v) is 3.49. The van der Waals surface area contributed by atoms with Gasteiger partial charge in [-0.15, -0.1) is 0 Å². The predicted octanol–water partition coefficient (Wildman–Crippen LogP) is 3.81. The van der Waals surface area contributed by atoms with Crippen molar-refractivity contribution >= 4 is 0 Å². The van der Waals surface area contributed by atoms with Gasteiger partial charge in [0.1, 0.15) is 0 Å². The maximum atomic E-state index is 12.3. The Kier molecular flexibility index (Phi) is 3.50. The van der Waals surface area contributed by atoms with E-state index in [1.54, 1.807) is 0 Å². The van der Waals surface area contributed by atoms with Gasteiger partial charge in [-0.1, -0.05) is 0 Å². The summed E-state index contributed by atoms with van der Waals surface area (Å²) in [6, 6.07) is 0. The van der Waals surface area contributed by atoms with Gasteiger partial charge in [0.25, 0.3) is 0 Å². The van der Waals surface area contributed by atoms with Gasteiger partial charge < -0.3 is 0 Å². The Balaban J connectivity index is 5.53. The molecule has 0 radical (unpaired) electrons. The molecule has 98 valence electrons. The van der Waals surface area contributed by atoms with Gasteiger partial charge in [-0.05, 0) is 0 Å². The molecule has 0 aliphatic carbocycles. The highest BCUT2D eigenvalue weighted by molar-refractivity contribution is 5.03. The molecule has 10 heteroatoms. The van der Waals surface area contributed by atoms with E-state index in [9.17, 15) is 43.9 Å². The highest BCUT2D eigenvalue weighted by Gasteiger charge is 2.81. The third kappa shape index (κ3) is 1.93. The molecule has 0 unspecified atom stereocenters. The summed E-state index contributed by atoms with van der Waals surface area (Å²) in [7, 11) is 0. The molecule has 0 saturated carbocycles. The third-order valence-corrected chi connectivity index (χ3v) is 1.64. The van der Waals surface area contributed by atoms with Crippen molar-refractivity contribution in [3.63, 3.8) is 0 Å². The van der Waals surface area contributed by atoms with Crippen LogP contribution >= 0.6 is 0 Å². The van der Waals surface area contributed by atoms with E-state index in [1.165, 1.54) is 0 Å². The number of halogens is 10. The van der Waals surface area contributed by atoms with Gasteiger partial charge in [-0.3, -0.25) is 0 Å². The van der Waals surface area contributed by atoms with Crippen LogP contribution in [0.1, 0.15) is 6.92 Å². The Labute approximate surface area is 82.2 Å². The molecular formula is C6H4F10. The minimum absolute atomic E-state index is 0.775. The van der Waals surface area contributed by atoms with Gasteiger partial charge in [0, 0.05) is 6.92 Å². The van der Waals surface area contributed by atoms with Crippen LogP contribution in [0.2, 0.25) is 0 Å². The first-order valence-electron chi connectivity index (χ1n) is 3.49. The summed E-state index contributed by atoms with van der Waals surface area (Å²) in [5, 5.41) is 0. The zero-order valence-electron chi connectivity index (χ0n) is 7.36. The van der Waals surface area contributed by atoms with Crippen LogP contribution in [0.5, 0.6) is 0 Å². The highest BCUT2D eigenvalue weighted by Crippen LogP contribution is 2.53. The van der Waals surface area contributed by atoms with Crippen molar-refractivity contribution in [2.24, 2.45) is 0 Å². The SMILES string of the molecule is CC(F)(F)C(F)(F)C(F)(F)C(F)(F)C(F)F. The van der Waals surface area contributed by atoms with Crippen molar-refractivity contribution in [1.82, 2.24) is 0 Å². The van der Waals surface area contributed by atoms with E-state index in [1.807, 2.05) is 0 Å². The normalized spacial score (nSPS) is 15.8. The number of hydrogen-bond acceptors (Lipinski definition) is 0. The topological polar surface area (TPSA) is 0 Å². The molecule has 0 fully saturated rings. The van der Waals surface area contributed by atoms with Crippen molar-refractivity contribution in [2.75, 3.05) is 0 Å². The third-order valence-electron chi connectivity index (χ3n) is 1.64. The van der Waals surface area contributed by atoms with Crippen molar-refractivity contribution in [3.8, 4) is 0 Å². The Bertz CT molecular complexity index is 249. The molecule has 0 nitrogen and oxygen atoms in total. The van der Waals surface area contributed by atoms with Gasteiger partial charge in [0.15, 0.2) is 0 Å². The number of hydrogen-bond donors (Lipinski definition) is 0. The van der Waals surface area contributed by atoms with E-state index in [-0.39, 0.29) is 0 Å². The lowest BCUT2D eigenvalue weighted by Gasteiger charge is -2.34. The van der Waals surface area contributed by atoms with Gasteiger partial charge in [-0.25, -0.2) is 8.78 Å². The largest absolute Gasteiger partial charge is 0.384 e. The first-order chi connectivity index (χ1) is 6.69. The van der Waals surface area contributed by atoms with Gasteiger partial charge in [0.2, 0.25) is 0 Å². The Hall–Kier alpha value is -0.700. The molecule has 0 amide bonds. The van der Waals surface area contributed by atoms with Crippen LogP contribution in [0.3, 0.4) is 0 Å². The van der Waals surface area contributed by atoms with Gasteiger partial charge >= 0.3 is 30.1 Å². The van der Waals surface area contributed by atoms with Crippen LogP contribution in [0.15, 0.2) is 0 Å². The molecule has 0 rings (SSSR count). The molecule has 0 spiro atoms. The van der Waals surface area contributed by atoms with Crippen LogP contribution in [0.4, 0.5) is 43.9 Å². The minimum Gasteiger partial charge on any atom is -0.203 e. The lowest BCUT2D eigenvalue weighted by molar-refractivity contribution is -0.380. The molecule has 0 bridgehead atoms. The van der Waals surface area contributed by atoms with E-state index in [4.69, 9.17) is 0 Å².